The van der Waals surface area contributed by atoms with Gasteiger partial charge in [0.05, 0.1) is 12.0 Å². The van der Waals surface area contributed by atoms with E-state index in [9.17, 15) is 14.4 Å². The van der Waals surface area contributed by atoms with Gasteiger partial charge in [0.1, 0.15) is 23.4 Å². The average Bonchev–Trinajstić information content (AvgIpc) is 2.66. The molecule has 3 rings (SSSR count). The normalized spacial score (nSPS) is 14.9. The van der Waals surface area contributed by atoms with E-state index in [4.69, 9.17) is 14.2 Å². The van der Waals surface area contributed by atoms with Crippen molar-refractivity contribution in [2.24, 2.45) is 0 Å². The van der Waals surface area contributed by atoms with Crippen molar-refractivity contribution in [1.82, 2.24) is 0 Å². The van der Waals surface area contributed by atoms with Crippen LogP contribution in [0.5, 0.6) is 17.2 Å². The molecule has 0 spiro atoms. The second-order valence-corrected chi connectivity index (χ2v) is 7.43. The summed E-state index contributed by atoms with van der Waals surface area (Å²) in [5, 5.41) is 0. The van der Waals surface area contributed by atoms with Crippen LogP contribution < -0.4 is 14.2 Å². The zero-order chi connectivity index (χ0) is 21.8. The molecular weight excluding hydrogens is 384 g/mol. The number of rotatable bonds is 5. The molecule has 1 heterocycles. The minimum atomic E-state index is -0.481. The van der Waals surface area contributed by atoms with Crippen molar-refractivity contribution in [2.75, 3.05) is 0 Å². The van der Waals surface area contributed by atoms with Gasteiger partial charge in [-0.1, -0.05) is 23.8 Å². The molecule has 0 bridgehead atoms. The Morgan fingerprint density at radius 3 is 2.30 bits per heavy atom. The SMILES string of the molecule is CC(=O)Oc1ccc(C2CC(=O)c3cc(CC=C(C)C)c(OC(C)=O)cc3O2)cc1. The Bertz CT molecular complexity index is 1010. The van der Waals surface area contributed by atoms with Gasteiger partial charge in [-0.2, -0.15) is 0 Å². The molecule has 0 N–H and O–H groups in total. The van der Waals surface area contributed by atoms with E-state index < -0.39 is 18.0 Å². The summed E-state index contributed by atoms with van der Waals surface area (Å²) >= 11 is 0. The summed E-state index contributed by atoms with van der Waals surface area (Å²) in [4.78, 5) is 35.5. The van der Waals surface area contributed by atoms with Crippen molar-refractivity contribution in [1.29, 1.82) is 0 Å². The molecule has 6 nitrogen and oxygen atoms in total. The first-order valence-corrected chi connectivity index (χ1v) is 9.70. The van der Waals surface area contributed by atoms with Crippen molar-refractivity contribution in [3.05, 3.63) is 64.7 Å². The standard InChI is InChI=1S/C24H24O6/c1-14(2)5-6-18-11-20-21(27)12-22(30-24(20)13-23(18)29-16(4)26)17-7-9-19(10-8-17)28-15(3)25/h5,7-11,13,22H,6,12H2,1-4H3. The van der Waals surface area contributed by atoms with Crippen molar-refractivity contribution in [3.8, 4) is 17.2 Å². The highest BCUT2D eigenvalue weighted by atomic mass is 16.5. The van der Waals surface area contributed by atoms with E-state index in [1.54, 1.807) is 36.4 Å². The Morgan fingerprint density at radius 1 is 1.03 bits per heavy atom. The average molecular weight is 408 g/mol. The molecular formula is C24H24O6. The first kappa shape index (κ1) is 21.3. The van der Waals surface area contributed by atoms with Gasteiger partial charge in [-0.15, -0.1) is 0 Å². The Morgan fingerprint density at radius 2 is 1.70 bits per heavy atom. The predicted molar refractivity (Wildman–Crippen MR) is 111 cm³/mol. The molecule has 2 aromatic rings. The summed E-state index contributed by atoms with van der Waals surface area (Å²) < 4.78 is 16.5. The topological polar surface area (TPSA) is 78.9 Å². The van der Waals surface area contributed by atoms with E-state index in [0.717, 1.165) is 16.7 Å². The summed E-state index contributed by atoms with van der Waals surface area (Å²) in [5.41, 5.74) is 3.15. The maximum atomic E-state index is 12.8. The number of carbonyl (C=O) groups is 3. The van der Waals surface area contributed by atoms with Crippen LogP contribution in [0.15, 0.2) is 48.0 Å². The van der Waals surface area contributed by atoms with Crippen molar-refractivity contribution < 1.29 is 28.6 Å². The predicted octanol–water partition coefficient (Wildman–Crippen LogP) is 4.75. The van der Waals surface area contributed by atoms with Crippen LogP contribution in [0.25, 0.3) is 0 Å². The monoisotopic (exact) mass is 408 g/mol. The lowest BCUT2D eigenvalue weighted by molar-refractivity contribution is -0.132. The number of esters is 2. The third-order valence-electron chi connectivity index (χ3n) is 4.60. The van der Waals surface area contributed by atoms with E-state index in [1.807, 2.05) is 19.9 Å². The van der Waals surface area contributed by atoms with Gasteiger partial charge in [0.25, 0.3) is 0 Å². The molecule has 0 radical (unpaired) electrons. The van der Waals surface area contributed by atoms with E-state index in [2.05, 4.69) is 0 Å². The fourth-order valence-electron chi connectivity index (χ4n) is 3.22. The van der Waals surface area contributed by atoms with Gasteiger partial charge >= 0.3 is 11.9 Å². The Labute approximate surface area is 175 Å². The molecule has 0 fully saturated rings. The van der Waals surface area contributed by atoms with Crippen LogP contribution in [-0.2, 0) is 16.0 Å². The highest BCUT2D eigenvalue weighted by Crippen LogP contribution is 2.39. The molecule has 156 valence electrons. The summed E-state index contributed by atoms with van der Waals surface area (Å²) in [6, 6.07) is 10.2. The highest BCUT2D eigenvalue weighted by molar-refractivity contribution is 6.00. The van der Waals surface area contributed by atoms with Gasteiger partial charge in [-0.05, 0) is 49.6 Å². The zero-order valence-electron chi connectivity index (χ0n) is 17.5. The van der Waals surface area contributed by atoms with E-state index in [1.165, 1.54) is 13.8 Å². The number of Topliss-reactive ketones (excluding diaryl/α,β-unsaturated/α-hetero) is 1. The number of fused-ring (bicyclic) bond motifs is 1. The molecule has 1 atom stereocenters. The third-order valence-corrected chi connectivity index (χ3v) is 4.60. The zero-order valence-corrected chi connectivity index (χ0v) is 17.5. The van der Waals surface area contributed by atoms with E-state index in [0.29, 0.717) is 29.2 Å². The van der Waals surface area contributed by atoms with Crippen molar-refractivity contribution in [3.63, 3.8) is 0 Å². The van der Waals surface area contributed by atoms with Crippen LogP contribution in [0.4, 0.5) is 0 Å². The van der Waals surface area contributed by atoms with Crippen molar-refractivity contribution >= 4 is 17.7 Å². The first-order valence-electron chi connectivity index (χ1n) is 9.70. The summed E-state index contributed by atoms with van der Waals surface area (Å²) in [6.07, 6.45) is 2.27. The number of ether oxygens (including phenoxy) is 3. The third kappa shape index (κ3) is 5.14. The minimum absolute atomic E-state index is 0.0434. The maximum absolute atomic E-state index is 12.8. The van der Waals surface area contributed by atoms with Crippen LogP contribution in [0.2, 0.25) is 0 Å². The fraction of sp³-hybridized carbons (Fsp3) is 0.292. The molecule has 1 unspecified atom stereocenters. The number of hydrogen-bond donors (Lipinski definition) is 0. The molecule has 2 aromatic carbocycles. The van der Waals surface area contributed by atoms with Crippen LogP contribution >= 0.6 is 0 Å². The Balaban J connectivity index is 1.91. The van der Waals surface area contributed by atoms with Gasteiger partial charge in [-0.3, -0.25) is 14.4 Å². The summed E-state index contributed by atoms with van der Waals surface area (Å²) in [5.74, 6) is 0.318. The number of benzene rings is 2. The largest absolute Gasteiger partial charge is 0.484 e. The van der Waals surface area contributed by atoms with Crippen LogP contribution in [-0.4, -0.2) is 17.7 Å². The van der Waals surface area contributed by atoms with Gasteiger partial charge in [0.2, 0.25) is 0 Å². The lowest BCUT2D eigenvalue weighted by atomic mass is 9.94. The molecule has 0 aromatic heterocycles. The fourth-order valence-corrected chi connectivity index (χ4v) is 3.22. The molecule has 0 amide bonds. The van der Waals surface area contributed by atoms with Crippen molar-refractivity contribution in [2.45, 2.75) is 46.6 Å². The smallest absolute Gasteiger partial charge is 0.308 e. The Hall–Kier alpha value is -3.41. The molecule has 0 aliphatic carbocycles. The number of carbonyl (C=O) groups excluding carboxylic acids is 3. The maximum Gasteiger partial charge on any atom is 0.308 e. The van der Waals surface area contributed by atoms with Crippen LogP contribution in [0.3, 0.4) is 0 Å². The highest BCUT2D eigenvalue weighted by Gasteiger charge is 2.29. The molecule has 30 heavy (non-hydrogen) atoms. The van der Waals surface area contributed by atoms with Gasteiger partial charge in [0, 0.05) is 19.9 Å². The molecule has 1 aliphatic heterocycles. The number of ketones is 1. The van der Waals surface area contributed by atoms with E-state index in [-0.39, 0.29) is 12.2 Å². The van der Waals surface area contributed by atoms with Gasteiger partial charge < -0.3 is 14.2 Å². The first-order chi connectivity index (χ1) is 14.2. The van der Waals surface area contributed by atoms with Crippen LogP contribution in [0.1, 0.15) is 61.7 Å². The second-order valence-electron chi connectivity index (χ2n) is 7.43. The van der Waals surface area contributed by atoms with Crippen LogP contribution in [0, 0.1) is 0 Å². The molecule has 0 saturated carbocycles. The Kier molecular flexibility index (Phi) is 6.35. The second kappa shape index (κ2) is 8.95. The quantitative estimate of drug-likeness (QED) is 0.403. The van der Waals surface area contributed by atoms with Gasteiger partial charge in [0.15, 0.2) is 5.78 Å². The lowest BCUT2D eigenvalue weighted by Crippen LogP contribution is -2.21. The van der Waals surface area contributed by atoms with Gasteiger partial charge in [-0.25, -0.2) is 0 Å². The number of hydrogen-bond acceptors (Lipinski definition) is 6. The molecule has 1 aliphatic rings. The summed E-state index contributed by atoms with van der Waals surface area (Å²) in [7, 11) is 0. The molecule has 0 saturated heterocycles. The van der Waals surface area contributed by atoms with E-state index >= 15 is 0 Å². The number of allylic oxidation sites excluding steroid dienone is 2. The summed E-state index contributed by atoms with van der Waals surface area (Å²) in [6.45, 7) is 6.63. The lowest BCUT2D eigenvalue weighted by Gasteiger charge is -2.26. The molecule has 6 heteroatoms. The minimum Gasteiger partial charge on any atom is -0.484 e.